The third-order valence-electron chi connectivity index (χ3n) is 3.43. The van der Waals surface area contributed by atoms with Crippen molar-refractivity contribution >= 4 is 21.8 Å². The maximum Gasteiger partial charge on any atom is 0.223 e. The standard InChI is InChI=1S/C14H18BrNO/c15-9-6-14(17)16-10-7-13(8-11-16)12-4-2-1-3-5-12/h1-5,13H,6-11H2. The zero-order valence-electron chi connectivity index (χ0n) is 9.94. The van der Waals surface area contributed by atoms with E-state index < -0.39 is 0 Å². The van der Waals surface area contributed by atoms with E-state index in [0.29, 0.717) is 12.3 Å². The van der Waals surface area contributed by atoms with Crippen molar-refractivity contribution in [2.45, 2.75) is 25.2 Å². The SMILES string of the molecule is O=C(CCBr)N1CCC(c2ccccc2)CC1. The minimum atomic E-state index is 0.286. The second-order valence-electron chi connectivity index (χ2n) is 4.50. The summed E-state index contributed by atoms with van der Waals surface area (Å²) in [5.74, 6) is 0.914. The van der Waals surface area contributed by atoms with Crippen LogP contribution < -0.4 is 0 Å². The number of carbonyl (C=O) groups excluding carboxylic acids is 1. The topological polar surface area (TPSA) is 20.3 Å². The zero-order chi connectivity index (χ0) is 12.1. The second kappa shape index (κ2) is 6.20. The molecule has 0 aliphatic carbocycles. The van der Waals surface area contributed by atoms with Crippen LogP contribution in [-0.4, -0.2) is 29.2 Å². The summed E-state index contributed by atoms with van der Waals surface area (Å²) in [5.41, 5.74) is 1.42. The molecule has 0 N–H and O–H groups in total. The molecule has 0 bridgehead atoms. The molecule has 0 atom stereocenters. The summed E-state index contributed by atoms with van der Waals surface area (Å²) in [6, 6.07) is 10.6. The van der Waals surface area contributed by atoms with Gasteiger partial charge in [0.25, 0.3) is 0 Å². The van der Waals surface area contributed by atoms with Crippen molar-refractivity contribution in [1.29, 1.82) is 0 Å². The van der Waals surface area contributed by atoms with E-state index in [1.165, 1.54) is 5.56 Å². The van der Waals surface area contributed by atoms with Gasteiger partial charge in [-0.25, -0.2) is 0 Å². The number of hydrogen-bond acceptors (Lipinski definition) is 1. The molecule has 1 saturated heterocycles. The van der Waals surface area contributed by atoms with Gasteiger partial charge in [0.1, 0.15) is 0 Å². The molecule has 92 valence electrons. The highest BCUT2D eigenvalue weighted by Gasteiger charge is 2.22. The molecule has 0 unspecified atom stereocenters. The lowest BCUT2D eigenvalue weighted by molar-refractivity contribution is -0.131. The molecule has 0 spiro atoms. The smallest absolute Gasteiger partial charge is 0.223 e. The van der Waals surface area contributed by atoms with Crippen LogP contribution in [0.3, 0.4) is 0 Å². The van der Waals surface area contributed by atoms with Crippen molar-refractivity contribution in [2.24, 2.45) is 0 Å². The predicted octanol–water partition coefficient (Wildman–Crippen LogP) is 3.18. The van der Waals surface area contributed by atoms with Crippen molar-refractivity contribution in [2.75, 3.05) is 18.4 Å². The Bertz CT molecular complexity index is 358. The summed E-state index contributed by atoms with van der Waals surface area (Å²) >= 11 is 3.32. The molecule has 0 aromatic heterocycles. The van der Waals surface area contributed by atoms with Crippen LogP contribution in [0.1, 0.15) is 30.7 Å². The van der Waals surface area contributed by atoms with Gasteiger partial charge >= 0.3 is 0 Å². The maximum absolute atomic E-state index is 11.7. The Hall–Kier alpha value is -0.830. The Labute approximate surface area is 111 Å². The van der Waals surface area contributed by atoms with Crippen molar-refractivity contribution in [3.63, 3.8) is 0 Å². The molecule has 2 nitrogen and oxygen atoms in total. The Balaban J connectivity index is 1.88. The summed E-state index contributed by atoms with van der Waals surface area (Å²) in [6.07, 6.45) is 2.81. The molecule has 2 rings (SSSR count). The highest BCUT2D eigenvalue weighted by molar-refractivity contribution is 9.09. The molecule has 1 aliphatic heterocycles. The van der Waals surface area contributed by atoms with Gasteiger partial charge < -0.3 is 4.90 Å². The van der Waals surface area contributed by atoms with E-state index in [9.17, 15) is 4.79 Å². The Kier molecular flexibility index (Phi) is 4.60. The molecule has 0 saturated carbocycles. The number of amides is 1. The Morgan fingerprint density at radius 1 is 1.24 bits per heavy atom. The molecule has 17 heavy (non-hydrogen) atoms. The Morgan fingerprint density at radius 3 is 2.47 bits per heavy atom. The molecule has 1 aromatic carbocycles. The third kappa shape index (κ3) is 3.32. The number of likely N-dealkylation sites (tertiary alicyclic amines) is 1. The van der Waals surface area contributed by atoms with Crippen molar-refractivity contribution in [1.82, 2.24) is 4.90 Å². The summed E-state index contributed by atoms with van der Waals surface area (Å²) < 4.78 is 0. The molecule has 1 aromatic rings. The predicted molar refractivity (Wildman–Crippen MR) is 73.4 cm³/mol. The van der Waals surface area contributed by atoms with Crippen molar-refractivity contribution < 1.29 is 4.79 Å². The minimum absolute atomic E-state index is 0.286. The first-order valence-corrected chi connectivity index (χ1v) is 7.32. The van der Waals surface area contributed by atoms with E-state index in [1.807, 2.05) is 4.90 Å². The largest absolute Gasteiger partial charge is 0.343 e. The van der Waals surface area contributed by atoms with E-state index in [-0.39, 0.29) is 5.91 Å². The molecule has 3 heteroatoms. The molecule has 1 amide bonds. The molecule has 1 aliphatic rings. The lowest BCUT2D eigenvalue weighted by Gasteiger charge is -2.32. The first kappa shape index (κ1) is 12.6. The third-order valence-corrected chi connectivity index (χ3v) is 3.82. The summed E-state index contributed by atoms with van der Waals surface area (Å²) in [6.45, 7) is 1.82. The van der Waals surface area contributed by atoms with Crippen LogP contribution in [0.5, 0.6) is 0 Å². The Morgan fingerprint density at radius 2 is 1.88 bits per heavy atom. The number of piperidine rings is 1. The van der Waals surface area contributed by atoms with Gasteiger partial charge in [-0.1, -0.05) is 46.3 Å². The first-order chi connectivity index (χ1) is 8.31. The van der Waals surface area contributed by atoms with Gasteiger partial charge in [0, 0.05) is 24.8 Å². The summed E-state index contributed by atoms with van der Waals surface area (Å²) in [4.78, 5) is 13.7. The van der Waals surface area contributed by atoms with Gasteiger partial charge in [0.15, 0.2) is 0 Å². The molecule has 0 radical (unpaired) electrons. The van der Waals surface area contributed by atoms with Crippen LogP contribution in [-0.2, 0) is 4.79 Å². The van der Waals surface area contributed by atoms with Gasteiger partial charge in [-0.3, -0.25) is 4.79 Å². The van der Waals surface area contributed by atoms with Gasteiger partial charge in [-0.05, 0) is 24.3 Å². The average molecular weight is 296 g/mol. The summed E-state index contributed by atoms with van der Waals surface area (Å²) in [7, 11) is 0. The van der Waals surface area contributed by atoms with E-state index in [2.05, 4.69) is 46.3 Å². The quantitative estimate of drug-likeness (QED) is 0.785. The molecule has 1 fully saturated rings. The lowest BCUT2D eigenvalue weighted by Crippen LogP contribution is -2.37. The average Bonchev–Trinajstić information content (AvgIpc) is 2.40. The minimum Gasteiger partial charge on any atom is -0.343 e. The molecule has 1 heterocycles. The summed E-state index contributed by atoms with van der Waals surface area (Å²) in [5, 5.41) is 0.768. The van der Waals surface area contributed by atoms with Crippen molar-refractivity contribution in [3.8, 4) is 0 Å². The number of nitrogens with zero attached hydrogens (tertiary/aromatic N) is 1. The highest BCUT2D eigenvalue weighted by atomic mass is 79.9. The van der Waals surface area contributed by atoms with E-state index in [1.54, 1.807) is 0 Å². The van der Waals surface area contributed by atoms with E-state index in [0.717, 1.165) is 31.3 Å². The fourth-order valence-electron chi connectivity index (χ4n) is 2.43. The first-order valence-electron chi connectivity index (χ1n) is 6.20. The van der Waals surface area contributed by atoms with E-state index in [4.69, 9.17) is 0 Å². The van der Waals surface area contributed by atoms with Crippen LogP contribution in [0.25, 0.3) is 0 Å². The number of benzene rings is 1. The van der Waals surface area contributed by atoms with Crippen LogP contribution in [0.2, 0.25) is 0 Å². The maximum atomic E-state index is 11.7. The number of halogens is 1. The van der Waals surface area contributed by atoms with Gasteiger partial charge in [-0.15, -0.1) is 0 Å². The highest BCUT2D eigenvalue weighted by Crippen LogP contribution is 2.27. The van der Waals surface area contributed by atoms with Crippen LogP contribution >= 0.6 is 15.9 Å². The van der Waals surface area contributed by atoms with E-state index >= 15 is 0 Å². The fraction of sp³-hybridized carbons (Fsp3) is 0.500. The van der Waals surface area contributed by atoms with Crippen LogP contribution in [0.4, 0.5) is 0 Å². The van der Waals surface area contributed by atoms with Crippen LogP contribution in [0, 0.1) is 0 Å². The van der Waals surface area contributed by atoms with Gasteiger partial charge in [-0.2, -0.15) is 0 Å². The number of rotatable bonds is 3. The number of alkyl halides is 1. The van der Waals surface area contributed by atoms with Gasteiger partial charge in [0.05, 0.1) is 0 Å². The zero-order valence-corrected chi connectivity index (χ0v) is 11.5. The lowest BCUT2D eigenvalue weighted by atomic mass is 9.89. The normalized spacial score (nSPS) is 17.1. The number of carbonyl (C=O) groups is 1. The van der Waals surface area contributed by atoms with Crippen LogP contribution in [0.15, 0.2) is 30.3 Å². The monoisotopic (exact) mass is 295 g/mol. The van der Waals surface area contributed by atoms with Crippen molar-refractivity contribution in [3.05, 3.63) is 35.9 Å². The molecular formula is C14H18BrNO. The second-order valence-corrected chi connectivity index (χ2v) is 5.30. The van der Waals surface area contributed by atoms with Gasteiger partial charge in [0.2, 0.25) is 5.91 Å². The fourth-order valence-corrected chi connectivity index (χ4v) is 2.77. The number of hydrogen-bond donors (Lipinski definition) is 0. The molecular weight excluding hydrogens is 278 g/mol.